The number of fused-ring (bicyclic) bond motifs is 2. The summed E-state index contributed by atoms with van der Waals surface area (Å²) in [4.78, 5) is 29.3. The fourth-order valence-electron chi connectivity index (χ4n) is 3.45. The van der Waals surface area contributed by atoms with Crippen LogP contribution in [0.5, 0.6) is 0 Å². The molecule has 5 nitrogen and oxygen atoms in total. The van der Waals surface area contributed by atoms with Gasteiger partial charge in [-0.3, -0.25) is 4.79 Å². The Morgan fingerprint density at radius 3 is 2.83 bits per heavy atom. The van der Waals surface area contributed by atoms with E-state index in [0.717, 1.165) is 17.8 Å². The lowest BCUT2D eigenvalue weighted by Gasteiger charge is -2.20. The summed E-state index contributed by atoms with van der Waals surface area (Å²) in [6, 6.07) is -0.197. The van der Waals surface area contributed by atoms with E-state index in [0.29, 0.717) is 29.0 Å². The van der Waals surface area contributed by atoms with Crippen molar-refractivity contribution >= 4 is 23.2 Å². The summed E-state index contributed by atoms with van der Waals surface area (Å²) in [5.41, 5.74) is 0.660. The highest BCUT2D eigenvalue weighted by molar-refractivity contribution is 7.13. The third-order valence-electron chi connectivity index (χ3n) is 4.62. The van der Waals surface area contributed by atoms with Gasteiger partial charge in [0.15, 0.2) is 0 Å². The predicted octanol–water partition coefficient (Wildman–Crippen LogP) is 3.02. The van der Waals surface area contributed by atoms with Crippen LogP contribution >= 0.6 is 11.3 Å². The maximum atomic E-state index is 12.5. The van der Waals surface area contributed by atoms with Crippen molar-refractivity contribution in [1.82, 2.24) is 10.3 Å². The second-order valence-electron chi connectivity index (χ2n) is 6.30. The third kappa shape index (κ3) is 3.17. The van der Waals surface area contributed by atoms with Crippen LogP contribution in [0.1, 0.15) is 53.1 Å². The Bertz CT molecular complexity index is 652. The minimum atomic E-state index is -0.342. The van der Waals surface area contributed by atoms with Gasteiger partial charge in [-0.05, 0) is 45.4 Å². The first-order valence-electron chi connectivity index (χ1n) is 8.12. The largest absolute Gasteiger partial charge is 0.462 e. The van der Waals surface area contributed by atoms with Crippen LogP contribution in [-0.4, -0.2) is 23.5 Å². The monoisotopic (exact) mass is 334 g/mol. The van der Waals surface area contributed by atoms with Crippen molar-refractivity contribution in [2.45, 2.75) is 39.7 Å². The van der Waals surface area contributed by atoms with Gasteiger partial charge in [0, 0.05) is 5.92 Å². The van der Waals surface area contributed by atoms with Crippen LogP contribution in [0.4, 0.5) is 0 Å². The molecule has 1 N–H and O–H groups in total. The highest BCUT2D eigenvalue weighted by Crippen LogP contribution is 2.43. The van der Waals surface area contributed by atoms with Crippen LogP contribution in [0.2, 0.25) is 0 Å². The van der Waals surface area contributed by atoms with Crippen LogP contribution in [0.3, 0.4) is 0 Å². The number of amides is 1. The third-order valence-corrected chi connectivity index (χ3v) is 5.94. The van der Waals surface area contributed by atoms with E-state index < -0.39 is 0 Å². The van der Waals surface area contributed by atoms with E-state index in [4.69, 9.17) is 4.74 Å². The lowest BCUT2D eigenvalue weighted by molar-refractivity contribution is -0.126. The van der Waals surface area contributed by atoms with E-state index in [1.807, 2.05) is 6.92 Å². The molecule has 6 heteroatoms. The van der Waals surface area contributed by atoms with Gasteiger partial charge >= 0.3 is 5.97 Å². The quantitative estimate of drug-likeness (QED) is 0.664. The number of carbonyl (C=O) groups is 2. The number of carbonyl (C=O) groups excluding carboxylic acids is 2. The Labute approximate surface area is 140 Å². The van der Waals surface area contributed by atoms with Crippen LogP contribution < -0.4 is 5.32 Å². The Kier molecular flexibility index (Phi) is 4.53. The molecule has 0 aliphatic heterocycles. The average Bonchev–Trinajstić information content (AvgIpc) is 3.21. The summed E-state index contributed by atoms with van der Waals surface area (Å²) in [6.07, 6.45) is 6.46. The maximum Gasteiger partial charge on any atom is 0.350 e. The van der Waals surface area contributed by atoms with Crippen LogP contribution in [0.15, 0.2) is 12.2 Å². The molecule has 1 aromatic rings. The average molecular weight is 334 g/mol. The number of hydrogen-bond donors (Lipinski definition) is 1. The molecule has 2 aliphatic rings. The summed E-state index contributed by atoms with van der Waals surface area (Å²) in [7, 11) is 0. The number of hydrogen-bond acceptors (Lipinski definition) is 5. The summed E-state index contributed by atoms with van der Waals surface area (Å²) in [5.74, 6) is 0.798. The van der Waals surface area contributed by atoms with Gasteiger partial charge in [-0.2, -0.15) is 0 Å². The van der Waals surface area contributed by atoms with E-state index >= 15 is 0 Å². The zero-order chi connectivity index (χ0) is 16.6. The van der Waals surface area contributed by atoms with E-state index in [1.165, 1.54) is 11.3 Å². The molecule has 1 saturated carbocycles. The van der Waals surface area contributed by atoms with Crippen molar-refractivity contribution < 1.29 is 14.3 Å². The molecule has 2 bridgehead atoms. The molecule has 0 spiro atoms. The normalized spacial score (nSPS) is 26.3. The number of nitrogens with one attached hydrogen (secondary N) is 1. The van der Waals surface area contributed by atoms with Crippen molar-refractivity contribution in [3.8, 4) is 0 Å². The standard InChI is InChI=1S/C17H22N2O3S/c1-4-22-17(21)14-9(2)19-16(23-14)10(3)18-15(20)13-8-11-5-6-12(13)7-11/h5-6,10-13H,4,7-8H2,1-3H3,(H,18,20)/t10-,11-,12-,13-/m0/s1. The number of thiazole rings is 1. The van der Waals surface area contributed by atoms with Gasteiger partial charge in [-0.15, -0.1) is 11.3 Å². The van der Waals surface area contributed by atoms with Gasteiger partial charge in [-0.25, -0.2) is 9.78 Å². The zero-order valence-corrected chi connectivity index (χ0v) is 14.5. The molecule has 1 heterocycles. The lowest BCUT2D eigenvalue weighted by Crippen LogP contribution is -2.34. The second kappa shape index (κ2) is 6.43. The van der Waals surface area contributed by atoms with Gasteiger partial charge in [0.2, 0.25) is 5.91 Å². The molecule has 4 atom stereocenters. The van der Waals surface area contributed by atoms with Crippen molar-refractivity contribution in [2.75, 3.05) is 6.61 Å². The molecule has 23 heavy (non-hydrogen) atoms. The molecule has 1 fully saturated rings. The highest BCUT2D eigenvalue weighted by Gasteiger charge is 2.40. The van der Waals surface area contributed by atoms with E-state index in [2.05, 4.69) is 22.5 Å². The van der Waals surface area contributed by atoms with Crippen molar-refractivity contribution in [1.29, 1.82) is 0 Å². The minimum absolute atomic E-state index is 0.0815. The Morgan fingerprint density at radius 2 is 2.22 bits per heavy atom. The topological polar surface area (TPSA) is 68.3 Å². The summed E-state index contributed by atoms with van der Waals surface area (Å²) < 4.78 is 5.03. The summed E-state index contributed by atoms with van der Waals surface area (Å²) in [5, 5.41) is 3.81. The molecule has 2 aliphatic carbocycles. The molecule has 1 amide bonds. The number of esters is 1. The second-order valence-corrected chi connectivity index (χ2v) is 7.33. The fourth-order valence-corrected chi connectivity index (χ4v) is 4.42. The zero-order valence-electron chi connectivity index (χ0n) is 13.7. The number of ether oxygens (including phenoxy) is 1. The van der Waals surface area contributed by atoms with Gasteiger partial charge in [0.05, 0.1) is 18.3 Å². The molecule has 3 rings (SSSR count). The number of nitrogens with zero attached hydrogens (tertiary/aromatic N) is 1. The smallest absolute Gasteiger partial charge is 0.350 e. The Hall–Kier alpha value is -1.69. The first-order valence-corrected chi connectivity index (χ1v) is 8.94. The molecule has 124 valence electrons. The lowest BCUT2D eigenvalue weighted by atomic mass is 9.92. The predicted molar refractivity (Wildman–Crippen MR) is 88.2 cm³/mol. The van der Waals surface area contributed by atoms with Crippen LogP contribution in [0, 0.1) is 24.7 Å². The minimum Gasteiger partial charge on any atom is -0.462 e. The maximum absolute atomic E-state index is 12.5. The number of allylic oxidation sites excluding steroid dienone is 2. The van der Waals surface area contributed by atoms with Gasteiger partial charge in [0.1, 0.15) is 9.88 Å². The Balaban J connectivity index is 1.65. The number of aromatic nitrogens is 1. The first-order chi connectivity index (χ1) is 11.0. The van der Waals surface area contributed by atoms with Gasteiger partial charge in [-0.1, -0.05) is 12.2 Å². The van der Waals surface area contributed by atoms with E-state index in [1.54, 1.807) is 13.8 Å². The van der Waals surface area contributed by atoms with Crippen molar-refractivity contribution in [3.05, 3.63) is 27.7 Å². The van der Waals surface area contributed by atoms with E-state index in [9.17, 15) is 9.59 Å². The van der Waals surface area contributed by atoms with Crippen molar-refractivity contribution in [3.63, 3.8) is 0 Å². The molecule has 1 aromatic heterocycles. The first kappa shape index (κ1) is 16.2. The van der Waals surface area contributed by atoms with E-state index in [-0.39, 0.29) is 23.8 Å². The molecule has 0 radical (unpaired) electrons. The summed E-state index contributed by atoms with van der Waals surface area (Å²) >= 11 is 1.30. The molecule has 0 unspecified atom stereocenters. The molecular weight excluding hydrogens is 312 g/mol. The van der Waals surface area contributed by atoms with Crippen LogP contribution in [0.25, 0.3) is 0 Å². The molecular formula is C17H22N2O3S. The highest BCUT2D eigenvalue weighted by atomic mass is 32.1. The molecule has 0 aromatic carbocycles. The fraction of sp³-hybridized carbons (Fsp3) is 0.588. The number of rotatable bonds is 5. The van der Waals surface area contributed by atoms with Crippen molar-refractivity contribution in [2.24, 2.45) is 17.8 Å². The van der Waals surface area contributed by atoms with Gasteiger partial charge < -0.3 is 10.1 Å². The van der Waals surface area contributed by atoms with Gasteiger partial charge in [0.25, 0.3) is 0 Å². The SMILES string of the molecule is CCOC(=O)c1sc([C@H](C)NC(=O)[C@H]2C[C@H]3C=C[C@H]2C3)nc1C. The summed E-state index contributed by atoms with van der Waals surface area (Å²) in [6.45, 7) is 5.83. The Morgan fingerprint density at radius 1 is 1.43 bits per heavy atom. The van der Waals surface area contributed by atoms with Crippen LogP contribution in [-0.2, 0) is 9.53 Å². The molecule has 0 saturated heterocycles. The number of aryl methyl sites for hydroxylation is 1.